The van der Waals surface area contributed by atoms with Gasteiger partial charge in [-0.1, -0.05) is 54.6 Å². The maximum absolute atomic E-state index is 13.6. The average Bonchev–Trinajstić information content (AvgIpc) is 2.53. The largest absolute Gasteiger partial charge is 0.490 e. The maximum Gasteiger partial charge on any atom is 0.129 e. The molecule has 0 heterocycles. The molecule has 0 saturated heterocycles. The standard InChI is InChI=1S/C18H15FO2/c19-16-10-4-3-9-15(16)17(20)12-21-18-11-5-7-13-6-1-2-8-14(13)18/h1-11,17,20H,12H2. The lowest BCUT2D eigenvalue weighted by molar-refractivity contribution is 0.106. The van der Waals surface area contributed by atoms with Crippen LogP contribution < -0.4 is 4.74 Å². The predicted molar refractivity (Wildman–Crippen MR) is 80.8 cm³/mol. The van der Waals surface area contributed by atoms with Gasteiger partial charge in [0.1, 0.15) is 24.3 Å². The molecule has 0 aliphatic rings. The maximum atomic E-state index is 13.6. The lowest BCUT2D eigenvalue weighted by atomic mass is 10.1. The minimum absolute atomic E-state index is 0.00887. The van der Waals surface area contributed by atoms with E-state index in [0.29, 0.717) is 5.75 Å². The van der Waals surface area contributed by atoms with Crippen molar-refractivity contribution in [3.05, 3.63) is 78.1 Å². The van der Waals surface area contributed by atoms with Gasteiger partial charge in [0.05, 0.1) is 0 Å². The predicted octanol–water partition coefficient (Wildman–Crippen LogP) is 4.09. The van der Waals surface area contributed by atoms with Crippen molar-refractivity contribution < 1.29 is 14.2 Å². The topological polar surface area (TPSA) is 29.5 Å². The minimum Gasteiger partial charge on any atom is -0.490 e. The van der Waals surface area contributed by atoms with Crippen molar-refractivity contribution in [3.8, 4) is 5.75 Å². The van der Waals surface area contributed by atoms with Crippen LogP contribution in [-0.2, 0) is 0 Å². The van der Waals surface area contributed by atoms with Crippen LogP contribution in [0.15, 0.2) is 66.7 Å². The highest BCUT2D eigenvalue weighted by atomic mass is 19.1. The molecular formula is C18H15FO2. The van der Waals surface area contributed by atoms with Crippen molar-refractivity contribution in [1.29, 1.82) is 0 Å². The van der Waals surface area contributed by atoms with E-state index in [0.717, 1.165) is 10.8 Å². The molecule has 0 fully saturated rings. The monoisotopic (exact) mass is 282 g/mol. The average molecular weight is 282 g/mol. The van der Waals surface area contributed by atoms with Gasteiger partial charge in [-0.05, 0) is 17.5 Å². The van der Waals surface area contributed by atoms with Gasteiger partial charge in [0.25, 0.3) is 0 Å². The van der Waals surface area contributed by atoms with Crippen molar-refractivity contribution in [2.24, 2.45) is 0 Å². The van der Waals surface area contributed by atoms with Crippen LogP contribution in [0.2, 0.25) is 0 Å². The van der Waals surface area contributed by atoms with Gasteiger partial charge in [0.2, 0.25) is 0 Å². The summed E-state index contributed by atoms with van der Waals surface area (Å²) in [5.41, 5.74) is 0.248. The molecule has 0 saturated carbocycles. The lowest BCUT2D eigenvalue weighted by Gasteiger charge is -2.14. The molecule has 1 atom stereocenters. The zero-order valence-corrected chi connectivity index (χ0v) is 11.4. The summed E-state index contributed by atoms with van der Waals surface area (Å²) in [6.07, 6.45) is -0.995. The number of ether oxygens (including phenoxy) is 1. The molecule has 3 rings (SSSR count). The van der Waals surface area contributed by atoms with Crippen LogP contribution in [0.25, 0.3) is 10.8 Å². The SMILES string of the molecule is OC(COc1cccc2ccccc12)c1ccccc1F. The van der Waals surface area contributed by atoms with E-state index >= 15 is 0 Å². The zero-order valence-electron chi connectivity index (χ0n) is 11.4. The molecule has 1 unspecified atom stereocenters. The molecule has 0 spiro atoms. The second kappa shape index (κ2) is 5.94. The van der Waals surface area contributed by atoms with Crippen LogP contribution in [-0.4, -0.2) is 11.7 Å². The summed E-state index contributed by atoms with van der Waals surface area (Å²) in [6.45, 7) is 0.00887. The fourth-order valence-electron chi connectivity index (χ4n) is 2.33. The van der Waals surface area contributed by atoms with Crippen molar-refractivity contribution in [2.45, 2.75) is 6.10 Å². The minimum atomic E-state index is -0.995. The van der Waals surface area contributed by atoms with Crippen molar-refractivity contribution in [3.63, 3.8) is 0 Å². The van der Waals surface area contributed by atoms with E-state index in [-0.39, 0.29) is 12.2 Å². The van der Waals surface area contributed by atoms with Crippen LogP contribution in [0.3, 0.4) is 0 Å². The molecule has 0 aromatic heterocycles. The van der Waals surface area contributed by atoms with Crippen LogP contribution >= 0.6 is 0 Å². The van der Waals surface area contributed by atoms with Gasteiger partial charge < -0.3 is 9.84 Å². The van der Waals surface area contributed by atoms with Gasteiger partial charge >= 0.3 is 0 Å². The number of halogens is 1. The van der Waals surface area contributed by atoms with E-state index in [1.807, 2.05) is 42.5 Å². The second-order valence-corrected chi connectivity index (χ2v) is 4.83. The number of rotatable bonds is 4. The van der Waals surface area contributed by atoms with Gasteiger partial charge in [-0.2, -0.15) is 0 Å². The summed E-state index contributed by atoms with van der Waals surface area (Å²) in [5, 5.41) is 12.1. The Balaban J connectivity index is 1.79. The highest BCUT2D eigenvalue weighted by Crippen LogP contribution is 2.26. The van der Waals surface area contributed by atoms with Gasteiger partial charge in [-0.3, -0.25) is 0 Å². The van der Waals surface area contributed by atoms with Crippen LogP contribution in [0.5, 0.6) is 5.75 Å². The second-order valence-electron chi connectivity index (χ2n) is 4.83. The summed E-state index contributed by atoms with van der Waals surface area (Å²) in [4.78, 5) is 0. The Bertz CT molecular complexity index is 750. The van der Waals surface area contributed by atoms with Crippen LogP contribution in [0.1, 0.15) is 11.7 Å². The van der Waals surface area contributed by atoms with E-state index in [1.54, 1.807) is 18.2 Å². The normalized spacial score (nSPS) is 12.3. The molecule has 2 nitrogen and oxygen atoms in total. The Morgan fingerprint density at radius 1 is 0.905 bits per heavy atom. The number of aliphatic hydroxyl groups is 1. The van der Waals surface area contributed by atoms with Crippen molar-refractivity contribution >= 4 is 10.8 Å². The first-order valence-corrected chi connectivity index (χ1v) is 6.79. The number of hydrogen-bond donors (Lipinski definition) is 1. The quantitative estimate of drug-likeness (QED) is 0.781. The van der Waals surface area contributed by atoms with Crippen LogP contribution in [0.4, 0.5) is 4.39 Å². The Kier molecular flexibility index (Phi) is 3.84. The highest BCUT2D eigenvalue weighted by Gasteiger charge is 2.13. The van der Waals surface area contributed by atoms with Gasteiger partial charge in [-0.25, -0.2) is 4.39 Å². The molecule has 21 heavy (non-hydrogen) atoms. The smallest absolute Gasteiger partial charge is 0.129 e. The Hall–Kier alpha value is -2.39. The van der Waals surface area contributed by atoms with E-state index < -0.39 is 11.9 Å². The summed E-state index contributed by atoms with van der Waals surface area (Å²) in [6, 6.07) is 19.8. The van der Waals surface area contributed by atoms with Gasteiger partial charge in [0, 0.05) is 10.9 Å². The highest BCUT2D eigenvalue weighted by molar-refractivity contribution is 5.88. The fourth-order valence-corrected chi connectivity index (χ4v) is 2.33. The molecule has 0 aliphatic carbocycles. The Labute approximate surface area is 122 Å². The first-order valence-electron chi connectivity index (χ1n) is 6.79. The molecule has 0 aliphatic heterocycles. The summed E-state index contributed by atoms with van der Waals surface area (Å²) >= 11 is 0. The zero-order chi connectivity index (χ0) is 14.7. The Morgan fingerprint density at radius 2 is 1.62 bits per heavy atom. The van der Waals surface area contributed by atoms with E-state index in [2.05, 4.69) is 0 Å². The third-order valence-electron chi connectivity index (χ3n) is 3.41. The third-order valence-corrected chi connectivity index (χ3v) is 3.41. The lowest BCUT2D eigenvalue weighted by Crippen LogP contribution is -2.11. The van der Waals surface area contributed by atoms with E-state index in [9.17, 15) is 9.50 Å². The number of hydrogen-bond acceptors (Lipinski definition) is 2. The summed E-state index contributed by atoms with van der Waals surface area (Å²) in [7, 11) is 0. The molecule has 3 aromatic rings. The molecular weight excluding hydrogens is 267 g/mol. The van der Waals surface area contributed by atoms with E-state index in [4.69, 9.17) is 4.74 Å². The van der Waals surface area contributed by atoms with E-state index in [1.165, 1.54) is 6.07 Å². The molecule has 106 valence electrons. The number of fused-ring (bicyclic) bond motifs is 1. The molecule has 1 N–H and O–H groups in total. The van der Waals surface area contributed by atoms with Crippen molar-refractivity contribution in [1.82, 2.24) is 0 Å². The number of aliphatic hydroxyl groups excluding tert-OH is 1. The first-order chi connectivity index (χ1) is 10.3. The Morgan fingerprint density at radius 3 is 2.48 bits per heavy atom. The molecule has 3 heteroatoms. The molecule has 3 aromatic carbocycles. The summed E-state index contributed by atoms with van der Waals surface area (Å²) in [5.74, 6) is 0.259. The molecule has 0 bridgehead atoms. The number of benzene rings is 3. The summed E-state index contributed by atoms with van der Waals surface area (Å²) < 4.78 is 19.3. The van der Waals surface area contributed by atoms with Crippen molar-refractivity contribution in [2.75, 3.05) is 6.61 Å². The molecule has 0 amide bonds. The van der Waals surface area contributed by atoms with Gasteiger partial charge in [-0.15, -0.1) is 0 Å². The first kappa shape index (κ1) is 13.6. The van der Waals surface area contributed by atoms with Crippen LogP contribution in [0, 0.1) is 5.82 Å². The molecule has 0 radical (unpaired) electrons. The van der Waals surface area contributed by atoms with Gasteiger partial charge in [0.15, 0.2) is 0 Å². The fraction of sp³-hybridized carbons (Fsp3) is 0.111. The third kappa shape index (κ3) is 2.88.